The van der Waals surface area contributed by atoms with Crippen molar-refractivity contribution in [3.8, 4) is 0 Å². The molecule has 0 radical (unpaired) electrons. The smallest absolute Gasteiger partial charge is 0.106 e. The summed E-state index contributed by atoms with van der Waals surface area (Å²) in [4.78, 5) is 0. The summed E-state index contributed by atoms with van der Waals surface area (Å²) < 4.78 is 0. The number of allylic oxidation sites excluding steroid dienone is 1. The largest absolute Gasteiger partial charge is 2.00 e. The molecule has 0 aromatic heterocycles. The fraction of sp³-hybridized carbons (Fsp3) is 0.200. The first-order valence-corrected chi connectivity index (χ1v) is 1.49. The minimum atomic E-state index is 0. The average Bonchev–Trinajstić information content (AvgIpc) is 1.46. The van der Waals surface area contributed by atoms with Gasteiger partial charge in [0.1, 0.15) is 0 Å². The van der Waals surface area contributed by atoms with Crippen LogP contribution in [0.2, 0.25) is 0 Å². The van der Waals surface area contributed by atoms with Gasteiger partial charge in [0, 0.05) is 0 Å². The van der Waals surface area contributed by atoms with Crippen molar-refractivity contribution >= 4 is 0 Å². The van der Waals surface area contributed by atoms with Gasteiger partial charge in [-0.3, -0.25) is 0 Å². The zero-order valence-corrected chi connectivity index (χ0v) is 5.76. The number of hydrogen-bond donors (Lipinski definition) is 0. The molecule has 0 fully saturated rings. The molecule has 0 rings (SSSR count). The molecule has 0 heterocycles. The van der Waals surface area contributed by atoms with Crippen LogP contribution in [-0.4, -0.2) is 0 Å². The average molecular weight is 118 g/mol. The Morgan fingerprint density at radius 3 is 1.33 bits per heavy atom. The van der Waals surface area contributed by atoms with Crippen LogP contribution in [0.5, 0.6) is 0 Å². The molecule has 0 amide bonds. The third-order valence-corrected chi connectivity index (χ3v) is 0. The Labute approximate surface area is 54.8 Å². The summed E-state index contributed by atoms with van der Waals surface area (Å²) in [6, 6.07) is 0. The van der Waals surface area contributed by atoms with Crippen molar-refractivity contribution in [2.24, 2.45) is 0 Å². The van der Waals surface area contributed by atoms with Crippen molar-refractivity contribution in [1.29, 1.82) is 0 Å². The first-order chi connectivity index (χ1) is 2.41. The Morgan fingerprint density at radius 2 is 1.33 bits per heavy atom. The fourth-order valence-electron chi connectivity index (χ4n) is 0. The molecule has 0 saturated carbocycles. The molecule has 6 heavy (non-hydrogen) atoms. The van der Waals surface area contributed by atoms with Gasteiger partial charge in [0.05, 0.1) is 0 Å². The summed E-state index contributed by atoms with van der Waals surface area (Å²) in [6.07, 6.45) is 1.75. The van der Waals surface area contributed by atoms with E-state index in [1.807, 2.05) is 6.92 Å². The van der Waals surface area contributed by atoms with Crippen molar-refractivity contribution in [2.75, 3.05) is 0 Å². The predicted molar refractivity (Wildman–Crippen MR) is 27.1 cm³/mol. The van der Waals surface area contributed by atoms with Crippen LogP contribution in [0.4, 0.5) is 0 Å². The van der Waals surface area contributed by atoms with Crippen LogP contribution in [-0.2, 0) is 21.7 Å². The molecule has 0 aromatic rings. The molecule has 1 heteroatoms. The molecule has 32 valence electrons. The van der Waals surface area contributed by atoms with E-state index in [4.69, 9.17) is 0 Å². The van der Waals surface area contributed by atoms with E-state index in [9.17, 15) is 0 Å². The summed E-state index contributed by atoms with van der Waals surface area (Å²) in [5.74, 6) is 0. The third kappa shape index (κ3) is 1130. The van der Waals surface area contributed by atoms with Crippen molar-refractivity contribution in [3.63, 3.8) is 0 Å². The van der Waals surface area contributed by atoms with E-state index in [2.05, 4.69) is 19.7 Å². The normalized spacial score (nSPS) is 2.83. The van der Waals surface area contributed by atoms with Gasteiger partial charge in [-0.15, -0.1) is 19.7 Å². The van der Waals surface area contributed by atoms with Crippen LogP contribution in [0.25, 0.3) is 0 Å². The van der Waals surface area contributed by atoms with Crippen LogP contribution < -0.4 is 0 Å². The summed E-state index contributed by atoms with van der Waals surface area (Å²) in [5, 5.41) is 0. The fourth-order valence-corrected chi connectivity index (χ4v) is 0. The van der Waals surface area contributed by atoms with Gasteiger partial charge in [0.15, 0.2) is 0 Å². The maximum Gasteiger partial charge on any atom is 2.00 e. The van der Waals surface area contributed by atoms with Crippen molar-refractivity contribution in [2.45, 2.75) is 6.92 Å². The van der Waals surface area contributed by atoms with Crippen LogP contribution in [0, 0.1) is 0 Å². The van der Waals surface area contributed by atoms with E-state index in [1.165, 1.54) is 0 Å². The maximum absolute atomic E-state index is 3.36. The second-order valence-electron chi connectivity index (χ2n) is 0.408. The Bertz CT molecular complexity index is 17.9. The molecule has 0 nitrogen and oxygen atoms in total. The molecule has 0 bridgehead atoms. The second kappa shape index (κ2) is 64.1. The SMILES string of the molecule is C=C.C=CC.[Ti+2]. The molecule has 0 aliphatic carbocycles. The molecule has 0 spiro atoms. The minimum Gasteiger partial charge on any atom is -0.106 e. The first-order valence-electron chi connectivity index (χ1n) is 1.49. The maximum atomic E-state index is 3.36. The Kier molecular flexibility index (Phi) is 175. The van der Waals surface area contributed by atoms with Crippen LogP contribution in [0.3, 0.4) is 0 Å². The Hall–Kier alpha value is 0.194. The second-order valence-corrected chi connectivity index (χ2v) is 0.408. The Morgan fingerprint density at radius 1 is 1.33 bits per heavy atom. The number of hydrogen-bond acceptors (Lipinski definition) is 0. The van der Waals surface area contributed by atoms with Crippen LogP contribution >= 0.6 is 0 Å². The molecule has 0 unspecified atom stereocenters. The summed E-state index contributed by atoms with van der Waals surface area (Å²) >= 11 is 0. The molecule has 0 atom stereocenters. The summed E-state index contributed by atoms with van der Waals surface area (Å²) in [5.41, 5.74) is 0. The van der Waals surface area contributed by atoms with E-state index in [0.717, 1.165) is 0 Å². The van der Waals surface area contributed by atoms with Gasteiger partial charge in [-0.05, 0) is 6.92 Å². The molecule has 0 aromatic carbocycles. The molecule has 0 aliphatic rings. The molecule has 0 aliphatic heterocycles. The van der Waals surface area contributed by atoms with E-state index in [0.29, 0.717) is 0 Å². The molecular formula is C5H10Ti+2. The van der Waals surface area contributed by atoms with Crippen molar-refractivity contribution in [1.82, 2.24) is 0 Å². The first kappa shape index (κ1) is 16.4. The minimum absolute atomic E-state index is 0. The predicted octanol–water partition coefficient (Wildman–Crippen LogP) is 1.99. The van der Waals surface area contributed by atoms with Gasteiger partial charge in [-0.25, -0.2) is 0 Å². The molecular weight excluding hydrogens is 108 g/mol. The number of rotatable bonds is 0. The topological polar surface area (TPSA) is 0 Å². The van der Waals surface area contributed by atoms with E-state index < -0.39 is 0 Å². The third-order valence-electron chi connectivity index (χ3n) is 0. The quantitative estimate of drug-likeness (QED) is 0.337. The van der Waals surface area contributed by atoms with E-state index >= 15 is 0 Å². The monoisotopic (exact) mass is 118 g/mol. The molecule has 0 N–H and O–H groups in total. The van der Waals surface area contributed by atoms with E-state index in [-0.39, 0.29) is 21.7 Å². The standard InChI is InChI=1S/C3H6.C2H4.Ti/c1-3-2;1-2;/h3H,1H2,2H3;1-2H2;/q;;+2. The summed E-state index contributed by atoms with van der Waals surface area (Å²) in [7, 11) is 0. The zero-order chi connectivity index (χ0) is 4.71. The van der Waals surface area contributed by atoms with Crippen molar-refractivity contribution < 1.29 is 21.7 Å². The van der Waals surface area contributed by atoms with Gasteiger partial charge in [0.2, 0.25) is 0 Å². The van der Waals surface area contributed by atoms with Gasteiger partial charge in [0.25, 0.3) is 0 Å². The van der Waals surface area contributed by atoms with Crippen LogP contribution in [0.1, 0.15) is 6.92 Å². The van der Waals surface area contributed by atoms with Crippen LogP contribution in [0.15, 0.2) is 25.8 Å². The van der Waals surface area contributed by atoms with Gasteiger partial charge in [-0.2, -0.15) is 0 Å². The molecule has 0 saturated heterocycles. The summed E-state index contributed by atoms with van der Waals surface area (Å²) in [6.45, 7) is 11.2. The zero-order valence-electron chi connectivity index (χ0n) is 4.20. The van der Waals surface area contributed by atoms with Gasteiger partial charge in [-0.1, -0.05) is 6.08 Å². The van der Waals surface area contributed by atoms with Gasteiger partial charge >= 0.3 is 21.7 Å². The Balaban J connectivity index is -0.0000000275. The van der Waals surface area contributed by atoms with E-state index in [1.54, 1.807) is 6.08 Å². The van der Waals surface area contributed by atoms with Crippen molar-refractivity contribution in [3.05, 3.63) is 25.8 Å². The van der Waals surface area contributed by atoms with Gasteiger partial charge < -0.3 is 0 Å².